The maximum atomic E-state index is 13.1. The second kappa shape index (κ2) is 8.47. The smallest absolute Gasteiger partial charge is 0.294 e. The van der Waals surface area contributed by atoms with E-state index in [4.69, 9.17) is 4.42 Å². The molecule has 1 heterocycles. The number of phenols is 1. The number of carbonyl (C=O) groups is 2. The minimum absolute atomic E-state index is 0.110. The molecule has 4 rings (SSSR count). The van der Waals surface area contributed by atoms with Crippen molar-refractivity contribution in [2.45, 2.75) is 26.2 Å². The lowest BCUT2D eigenvalue weighted by atomic mass is 9.93. The Labute approximate surface area is 180 Å². The number of rotatable bonds is 4. The Balaban J connectivity index is 1.61. The first-order valence-corrected chi connectivity index (χ1v) is 10.1. The van der Waals surface area contributed by atoms with Crippen LogP contribution in [0.25, 0.3) is 0 Å². The Bertz CT molecular complexity index is 1160. The fourth-order valence-corrected chi connectivity index (χ4v) is 3.75. The van der Waals surface area contributed by atoms with Gasteiger partial charge in [0.1, 0.15) is 11.5 Å². The van der Waals surface area contributed by atoms with Crippen molar-refractivity contribution in [1.29, 1.82) is 0 Å². The molecule has 0 radical (unpaired) electrons. The Kier molecular flexibility index (Phi) is 5.58. The van der Waals surface area contributed by atoms with E-state index in [1.165, 1.54) is 12.1 Å². The summed E-state index contributed by atoms with van der Waals surface area (Å²) in [5.74, 6) is 0.123. The van der Waals surface area contributed by atoms with E-state index in [1.807, 2.05) is 37.3 Å². The first kappa shape index (κ1) is 20.4. The summed E-state index contributed by atoms with van der Waals surface area (Å²) in [7, 11) is 1.71. The third-order valence-electron chi connectivity index (χ3n) is 5.41. The summed E-state index contributed by atoms with van der Waals surface area (Å²) in [5, 5.41) is 14.2. The van der Waals surface area contributed by atoms with Crippen molar-refractivity contribution in [3.05, 3.63) is 82.8 Å². The third kappa shape index (κ3) is 3.94. The van der Waals surface area contributed by atoms with Gasteiger partial charge in [-0.15, -0.1) is 0 Å². The van der Waals surface area contributed by atoms with Crippen molar-refractivity contribution >= 4 is 23.2 Å². The Morgan fingerprint density at radius 1 is 1.06 bits per heavy atom. The minimum Gasteiger partial charge on any atom is -0.507 e. The minimum atomic E-state index is -0.501. The van der Waals surface area contributed by atoms with E-state index in [-0.39, 0.29) is 23.0 Å². The molecule has 0 atom stereocenters. The summed E-state index contributed by atoms with van der Waals surface area (Å²) in [6.07, 6.45) is 2.15. The number of benzene rings is 2. The van der Waals surface area contributed by atoms with Gasteiger partial charge in [0.25, 0.3) is 11.8 Å². The van der Waals surface area contributed by atoms with E-state index < -0.39 is 5.91 Å². The number of hydrogen-bond donors (Lipinski definition) is 2. The van der Waals surface area contributed by atoms with Gasteiger partial charge in [0.2, 0.25) is 0 Å². The maximum Gasteiger partial charge on any atom is 0.294 e. The Morgan fingerprint density at radius 2 is 1.77 bits per heavy atom. The number of fused-ring (bicyclic) bond motifs is 1. The summed E-state index contributed by atoms with van der Waals surface area (Å²) >= 11 is 0. The van der Waals surface area contributed by atoms with Crippen molar-refractivity contribution < 1.29 is 19.1 Å². The number of hydrazone groups is 1. The number of phenolic OH excluding ortho intramolecular Hbond substituents is 1. The van der Waals surface area contributed by atoms with Crippen LogP contribution in [-0.4, -0.2) is 29.7 Å². The first-order chi connectivity index (χ1) is 15.0. The predicted molar refractivity (Wildman–Crippen MR) is 118 cm³/mol. The number of para-hydroxylation sites is 2. The molecule has 0 unspecified atom stereocenters. The summed E-state index contributed by atoms with van der Waals surface area (Å²) in [6, 6.07) is 15.6. The van der Waals surface area contributed by atoms with Crippen LogP contribution in [-0.2, 0) is 6.42 Å². The predicted octanol–water partition coefficient (Wildman–Crippen LogP) is 4.04. The van der Waals surface area contributed by atoms with Gasteiger partial charge in [-0.1, -0.05) is 30.3 Å². The molecule has 0 saturated carbocycles. The van der Waals surface area contributed by atoms with E-state index in [0.717, 1.165) is 17.7 Å². The van der Waals surface area contributed by atoms with Gasteiger partial charge >= 0.3 is 0 Å². The number of carbonyl (C=O) groups excluding carboxylic acids is 2. The van der Waals surface area contributed by atoms with Crippen molar-refractivity contribution in [3.8, 4) is 5.75 Å². The molecule has 158 valence electrons. The molecule has 2 amide bonds. The average molecular weight is 417 g/mol. The van der Waals surface area contributed by atoms with Crippen LogP contribution in [0.1, 0.15) is 50.6 Å². The van der Waals surface area contributed by atoms with Crippen LogP contribution in [0.4, 0.5) is 5.69 Å². The molecule has 0 saturated heterocycles. The monoisotopic (exact) mass is 417 g/mol. The number of aryl methyl sites for hydroxylation is 1. The summed E-state index contributed by atoms with van der Waals surface area (Å²) < 4.78 is 5.96. The normalized spacial score (nSPS) is 14.2. The van der Waals surface area contributed by atoms with Gasteiger partial charge in [-0.05, 0) is 44.0 Å². The van der Waals surface area contributed by atoms with Crippen LogP contribution in [0.2, 0.25) is 0 Å². The van der Waals surface area contributed by atoms with Crippen LogP contribution in [0.5, 0.6) is 5.75 Å². The van der Waals surface area contributed by atoms with E-state index in [2.05, 4.69) is 10.5 Å². The van der Waals surface area contributed by atoms with Crippen molar-refractivity contribution in [2.24, 2.45) is 5.10 Å². The van der Waals surface area contributed by atoms with E-state index in [9.17, 15) is 14.7 Å². The number of nitrogens with zero attached hydrogens (tertiary/aromatic N) is 2. The highest BCUT2D eigenvalue weighted by Gasteiger charge is 2.29. The molecule has 0 fully saturated rings. The summed E-state index contributed by atoms with van der Waals surface area (Å²) in [4.78, 5) is 27.0. The zero-order valence-corrected chi connectivity index (χ0v) is 17.4. The topological polar surface area (TPSA) is 95.1 Å². The molecule has 1 aliphatic carbocycles. The van der Waals surface area contributed by atoms with Gasteiger partial charge in [-0.3, -0.25) is 9.59 Å². The van der Waals surface area contributed by atoms with Crippen LogP contribution in [0.3, 0.4) is 0 Å². The van der Waals surface area contributed by atoms with E-state index in [1.54, 1.807) is 24.1 Å². The zero-order valence-electron chi connectivity index (χ0n) is 17.4. The molecular weight excluding hydrogens is 394 g/mol. The molecule has 0 spiro atoms. The van der Waals surface area contributed by atoms with Crippen LogP contribution >= 0.6 is 0 Å². The number of nitrogens with one attached hydrogen (secondary N) is 1. The highest BCUT2D eigenvalue weighted by atomic mass is 16.4. The fraction of sp³-hybridized carbons (Fsp3) is 0.208. The molecule has 31 heavy (non-hydrogen) atoms. The maximum absolute atomic E-state index is 13.1. The Hall–Kier alpha value is -3.87. The third-order valence-corrected chi connectivity index (χ3v) is 5.41. The molecule has 7 heteroatoms. The highest BCUT2D eigenvalue weighted by molar-refractivity contribution is 6.10. The van der Waals surface area contributed by atoms with Gasteiger partial charge < -0.3 is 14.4 Å². The molecular formula is C24H23N3O4. The van der Waals surface area contributed by atoms with E-state index >= 15 is 0 Å². The first-order valence-electron chi connectivity index (χ1n) is 10.1. The number of anilines is 1. The second-order valence-corrected chi connectivity index (χ2v) is 7.42. The van der Waals surface area contributed by atoms with Crippen LogP contribution < -0.4 is 10.3 Å². The van der Waals surface area contributed by atoms with Gasteiger partial charge in [-0.2, -0.15) is 5.10 Å². The SMILES string of the molecule is Cc1c(C(=O)N(C)c2ccccc2)oc2c1/C(=N/NC(=O)c1ccccc1O)CCC2. The van der Waals surface area contributed by atoms with Crippen molar-refractivity contribution in [2.75, 3.05) is 11.9 Å². The highest BCUT2D eigenvalue weighted by Crippen LogP contribution is 2.31. The fourth-order valence-electron chi connectivity index (χ4n) is 3.75. The largest absolute Gasteiger partial charge is 0.507 e. The lowest BCUT2D eigenvalue weighted by Gasteiger charge is -2.16. The van der Waals surface area contributed by atoms with Crippen LogP contribution in [0, 0.1) is 6.92 Å². The van der Waals surface area contributed by atoms with Crippen LogP contribution in [0.15, 0.2) is 64.1 Å². The molecule has 0 aliphatic heterocycles. The van der Waals surface area contributed by atoms with Gasteiger partial charge in [0.05, 0.1) is 11.3 Å². The van der Waals surface area contributed by atoms with Crippen molar-refractivity contribution in [3.63, 3.8) is 0 Å². The van der Waals surface area contributed by atoms with Gasteiger partial charge in [0, 0.05) is 30.3 Å². The Morgan fingerprint density at radius 3 is 2.52 bits per heavy atom. The molecule has 0 bridgehead atoms. The average Bonchev–Trinajstić information content (AvgIpc) is 3.14. The molecule has 3 aromatic rings. The molecule has 1 aromatic heterocycles. The molecule has 7 nitrogen and oxygen atoms in total. The number of amides is 2. The zero-order chi connectivity index (χ0) is 22.0. The summed E-state index contributed by atoms with van der Waals surface area (Å²) in [6.45, 7) is 1.83. The standard InChI is InChI=1S/C24H23N3O4/c1-15-21-18(25-26-23(29)17-11-6-7-13-19(17)28)12-8-14-20(21)31-22(15)24(30)27(2)16-9-4-3-5-10-16/h3-7,9-11,13,28H,8,12,14H2,1-2H3,(H,26,29)/b25-18+. The second-order valence-electron chi connectivity index (χ2n) is 7.42. The molecule has 2 aromatic carbocycles. The number of hydrogen-bond acceptors (Lipinski definition) is 5. The quantitative estimate of drug-likeness (QED) is 0.627. The van der Waals surface area contributed by atoms with Crippen molar-refractivity contribution in [1.82, 2.24) is 5.43 Å². The number of aromatic hydroxyl groups is 1. The number of furan rings is 1. The summed E-state index contributed by atoms with van der Waals surface area (Å²) in [5.41, 5.74) is 5.57. The van der Waals surface area contributed by atoms with Gasteiger partial charge in [0.15, 0.2) is 5.76 Å². The van der Waals surface area contributed by atoms with Gasteiger partial charge in [-0.25, -0.2) is 5.43 Å². The lowest BCUT2D eigenvalue weighted by molar-refractivity contribution is 0.0948. The lowest BCUT2D eigenvalue weighted by Crippen LogP contribution is -2.26. The van der Waals surface area contributed by atoms with E-state index in [0.29, 0.717) is 29.9 Å². The molecule has 1 aliphatic rings. The molecule has 2 N–H and O–H groups in total.